The lowest BCUT2D eigenvalue weighted by molar-refractivity contribution is -0.114. The second-order valence-electron chi connectivity index (χ2n) is 7.28. The van der Waals surface area contributed by atoms with E-state index in [1.54, 1.807) is 24.3 Å². The molecule has 0 saturated heterocycles. The number of amides is 1. The normalized spacial score (nSPS) is 11.8. The Labute approximate surface area is 196 Å². The summed E-state index contributed by atoms with van der Waals surface area (Å²) in [5.74, 6) is 3.39. The Hall–Kier alpha value is -4.85. The van der Waals surface area contributed by atoms with Gasteiger partial charge in [0.15, 0.2) is 6.73 Å². The Morgan fingerprint density at radius 3 is 2.44 bits per heavy atom. The van der Waals surface area contributed by atoms with Crippen molar-refractivity contribution in [3.63, 3.8) is 0 Å². The summed E-state index contributed by atoms with van der Waals surface area (Å²) in [6, 6.07) is 24.0. The van der Waals surface area contributed by atoms with Crippen LogP contribution in [-0.4, -0.2) is 22.6 Å². The van der Waals surface area contributed by atoms with Crippen LogP contribution in [0.4, 0.5) is 17.2 Å². The van der Waals surface area contributed by atoms with E-state index in [0.29, 0.717) is 34.6 Å². The molecule has 2 heterocycles. The number of nitrogens with one attached hydrogen (secondary N) is 1. The van der Waals surface area contributed by atoms with Crippen molar-refractivity contribution in [2.75, 3.05) is 16.9 Å². The van der Waals surface area contributed by atoms with E-state index < -0.39 is 0 Å². The number of fused-ring (bicyclic) bond motifs is 1. The number of carbonyl (C=O) groups is 1. The average Bonchev–Trinajstić information content (AvgIpc) is 3.29. The van der Waals surface area contributed by atoms with Crippen molar-refractivity contribution in [3.8, 4) is 28.9 Å². The maximum Gasteiger partial charge on any atom is 0.253 e. The summed E-state index contributed by atoms with van der Waals surface area (Å²) >= 11 is 0. The average molecular weight is 452 g/mol. The predicted molar refractivity (Wildman–Crippen MR) is 128 cm³/mol. The monoisotopic (exact) mass is 452 g/mol. The number of anilines is 3. The minimum absolute atomic E-state index is 0.157. The zero-order chi connectivity index (χ0) is 23.3. The zero-order valence-corrected chi connectivity index (χ0v) is 18.0. The van der Waals surface area contributed by atoms with Crippen LogP contribution < -0.4 is 24.4 Å². The first-order valence-electron chi connectivity index (χ1n) is 10.5. The van der Waals surface area contributed by atoms with E-state index in [2.05, 4.69) is 21.9 Å². The SMILES string of the molecule is C=CC(=O)N1COc2ccc(Nc3cc(Oc4ccc(Oc5ccccc5)cc4)ncn3)cc21. The van der Waals surface area contributed by atoms with Crippen LogP contribution in [0.3, 0.4) is 0 Å². The Morgan fingerprint density at radius 1 is 0.941 bits per heavy atom. The highest BCUT2D eigenvalue weighted by Crippen LogP contribution is 2.37. The molecule has 0 saturated carbocycles. The van der Waals surface area contributed by atoms with E-state index in [1.807, 2.05) is 54.6 Å². The van der Waals surface area contributed by atoms with Gasteiger partial charge in [0.25, 0.3) is 5.91 Å². The topological polar surface area (TPSA) is 85.8 Å². The summed E-state index contributed by atoms with van der Waals surface area (Å²) in [5.41, 5.74) is 1.40. The van der Waals surface area contributed by atoms with E-state index in [4.69, 9.17) is 14.2 Å². The van der Waals surface area contributed by atoms with Gasteiger partial charge in [-0.15, -0.1) is 0 Å². The lowest BCUT2D eigenvalue weighted by Crippen LogP contribution is -2.27. The fraction of sp³-hybridized carbons (Fsp3) is 0.0385. The molecular weight excluding hydrogens is 432 g/mol. The third-order valence-electron chi connectivity index (χ3n) is 4.98. The van der Waals surface area contributed by atoms with Crippen molar-refractivity contribution in [1.29, 1.82) is 0 Å². The third kappa shape index (κ3) is 4.66. The van der Waals surface area contributed by atoms with Gasteiger partial charge in [0.1, 0.15) is 35.1 Å². The summed E-state index contributed by atoms with van der Waals surface area (Å²) in [7, 11) is 0. The Bertz CT molecular complexity index is 1330. The number of aromatic nitrogens is 2. The summed E-state index contributed by atoms with van der Waals surface area (Å²) in [6.07, 6.45) is 2.67. The number of ether oxygens (including phenoxy) is 3. The molecule has 0 aliphatic carbocycles. The van der Waals surface area contributed by atoms with Crippen LogP contribution in [0.1, 0.15) is 0 Å². The molecule has 0 bridgehead atoms. The molecule has 34 heavy (non-hydrogen) atoms. The second kappa shape index (κ2) is 9.33. The van der Waals surface area contributed by atoms with Gasteiger partial charge in [-0.2, -0.15) is 0 Å². The molecule has 1 amide bonds. The molecule has 1 aliphatic rings. The standard InChI is InChI=1S/C26H20N4O4/c1-2-26(31)30-17-32-23-13-8-18(14-22(23)30)29-24-15-25(28-16-27-24)34-21-11-9-20(10-12-21)33-19-6-4-3-5-7-19/h2-16H,1,17H2,(H,27,28,29). The van der Waals surface area contributed by atoms with Crippen molar-refractivity contribution in [2.24, 2.45) is 0 Å². The minimum atomic E-state index is -0.228. The maximum atomic E-state index is 12.0. The van der Waals surface area contributed by atoms with Gasteiger partial charge in [0.05, 0.1) is 5.69 Å². The van der Waals surface area contributed by atoms with Crippen LogP contribution >= 0.6 is 0 Å². The van der Waals surface area contributed by atoms with Gasteiger partial charge in [0.2, 0.25) is 5.88 Å². The first kappa shape index (κ1) is 21.0. The van der Waals surface area contributed by atoms with Crippen molar-refractivity contribution >= 4 is 23.1 Å². The van der Waals surface area contributed by atoms with Crippen molar-refractivity contribution in [3.05, 3.63) is 97.8 Å². The molecule has 8 nitrogen and oxygen atoms in total. The molecule has 3 aromatic carbocycles. The number of nitrogens with zero attached hydrogens (tertiary/aromatic N) is 3. The van der Waals surface area contributed by atoms with Crippen LogP contribution in [0.5, 0.6) is 28.9 Å². The van der Waals surface area contributed by atoms with Crippen LogP contribution in [0.15, 0.2) is 97.8 Å². The van der Waals surface area contributed by atoms with Gasteiger partial charge in [-0.3, -0.25) is 9.69 Å². The molecule has 0 unspecified atom stereocenters. The van der Waals surface area contributed by atoms with Gasteiger partial charge in [-0.1, -0.05) is 24.8 Å². The lowest BCUT2D eigenvalue weighted by Gasteiger charge is -2.13. The number of benzene rings is 3. The van der Waals surface area contributed by atoms with Gasteiger partial charge in [0, 0.05) is 11.8 Å². The van der Waals surface area contributed by atoms with Gasteiger partial charge >= 0.3 is 0 Å². The molecule has 1 aromatic heterocycles. The maximum absolute atomic E-state index is 12.0. The molecule has 0 radical (unpaired) electrons. The summed E-state index contributed by atoms with van der Waals surface area (Å²) in [4.78, 5) is 22.0. The van der Waals surface area contributed by atoms with E-state index >= 15 is 0 Å². The smallest absolute Gasteiger partial charge is 0.253 e. The largest absolute Gasteiger partial charge is 0.470 e. The number of hydrogen-bond acceptors (Lipinski definition) is 7. The number of para-hydroxylation sites is 1. The minimum Gasteiger partial charge on any atom is -0.470 e. The van der Waals surface area contributed by atoms with E-state index in [1.165, 1.54) is 17.3 Å². The van der Waals surface area contributed by atoms with Gasteiger partial charge < -0.3 is 19.5 Å². The zero-order valence-electron chi connectivity index (χ0n) is 18.0. The summed E-state index contributed by atoms with van der Waals surface area (Å²) < 4.78 is 17.2. The van der Waals surface area contributed by atoms with Crippen molar-refractivity contribution in [1.82, 2.24) is 9.97 Å². The molecule has 168 valence electrons. The van der Waals surface area contributed by atoms with Crippen LogP contribution in [-0.2, 0) is 4.79 Å². The highest BCUT2D eigenvalue weighted by Gasteiger charge is 2.24. The molecular formula is C26H20N4O4. The first-order chi connectivity index (χ1) is 16.7. The third-order valence-corrected chi connectivity index (χ3v) is 4.98. The van der Waals surface area contributed by atoms with Crippen LogP contribution in [0.25, 0.3) is 0 Å². The van der Waals surface area contributed by atoms with Crippen LogP contribution in [0.2, 0.25) is 0 Å². The molecule has 1 N–H and O–H groups in total. The lowest BCUT2D eigenvalue weighted by atomic mass is 10.2. The number of hydrogen-bond donors (Lipinski definition) is 1. The van der Waals surface area contributed by atoms with E-state index in [9.17, 15) is 4.79 Å². The van der Waals surface area contributed by atoms with Gasteiger partial charge in [-0.05, 0) is 60.7 Å². The number of rotatable bonds is 7. The molecule has 0 fully saturated rings. The molecule has 8 heteroatoms. The highest BCUT2D eigenvalue weighted by molar-refractivity contribution is 6.03. The fourth-order valence-corrected chi connectivity index (χ4v) is 3.36. The predicted octanol–water partition coefficient (Wildman–Crippen LogP) is 5.67. The first-order valence-corrected chi connectivity index (χ1v) is 10.5. The molecule has 4 aromatic rings. The fourth-order valence-electron chi connectivity index (χ4n) is 3.36. The highest BCUT2D eigenvalue weighted by atomic mass is 16.5. The Balaban J connectivity index is 1.26. The Morgan fingerprint density at radius 2 is 1.68 bits per heavy atom. The van der Waals surface area contributed by atoms with E-state index in [-0.39, 0.29) is 12.6 Å². The van der Waals surface area contributed by atoms with Crippen molar-refractivity contribution < 1.29 is 19.0 Å². The Kier molecular flexibility index (Phi) is 5.77. The summed E-state index contributed by atoms with van der Waals surface area (Å²) in [6.45, 7) is 3.69. The molecule has 0 atom stereocenters. The number of carbonyl (C=O) groups excluding carboxylic acids is 1. The van der Waals surface area contributed by atoms with Gasteiger partial charge in [-0.25, -0.2) is 9.97 Å². The second-order valence-corrected chi connectivity index (χ2v) is 7.28. The molecule has 5 rings (SSSR count). The quantitative estimate of drug-likeness (QED) is 0.361. The van der Waals surface area contributed by atoms with E-state index in [0.717, 1.165) is 11.4 Å². The molecule has 1 aliphatic heterocycles. The van der Waals surface area contributed by atoms with Crippen LogP contribution in [0, 0.1) is 0 Å². The van der Waals surface area contributed by atoms with Crippen molar-refractivity contribution in [2.45, 2.75) is 0 Å². The molecule has 0 spiro atoms. The summed E-state index contributed by atoms with van der Waals surface area (Å²) in [5, 5.41) is 3.20.